The Morgan fingerprint density at radius 1 is 1.00 bits per heavy atom. The van der Waals surface area contributed by atoms with Crippen LogP contribution in [0.25, 0.3) is 0 Å². The molecule has 3 heterocycles. The van der Waals surface area contributed by atoms with Crippen LogP contribution in [0.5, 0.6) is 0 Å². The van der Waals surface area contributed by atoms with Crippen LogP contribution in [0, 0.1) is 12.8 Å². The zero-order chi connectivity index (χ0) is 20.9. The SMILES string of the molecule is Cc1cc(CN2CCCN(C(=O)C3CCN(C(=O)c4ccccc4)CC3)CC2)no1. The fourth-order valence-electron chi connectivity index (χ4n) is 4.42. The van der Waals surface area contributed by atoms with Crippen molar-refractivity contribution in [3.63, 3.8) is 0 Å². The van der Waals surface area contributed by atoms with Crippen molar-refractivity contribution in [3.8, 4) is 0 Å². The van der Waals surface area contributed by atoms with E-state index < -0.39 is 0 Å². The Kier molecular flexibility index (Phi) is 6.47. The van der Waals surface area contributed by atoms with Crippen LogP contribution in [0.1, 0.15) is 41.1 Å². The average molecular weight is 411 g/mol. The van der Waals surface area contributed by atoms with Crippen molar-refractivity contribution < 1.29 is 14.1 Å². The maximum Gasteiger partial charge on any atom is 0.253 e. The Morgan fingerprint density at radius 3 is 2.47 bits per heavy atom. The van der Waals surface area contributed by atoms with Gasteiger partial charge in [0.15, 0.2) is 0 Å². The molecule has 2 fully saturated rings. The number of likely N-dealkylation sites (tertiary alicyclic amines) is 1. The molecule has 0 N–H and O–H groups in total. The number of carbonyl (C=O) groups is 2. The molecule has 0 saturated carbocycles. The summed E-state index contributed by atoms with van der Waals surface area (Å²) in [5.74, 6) is 1.17. The molecule has 1 aromatic carbocycles. The Bertz CT molecular complexity index is 858. The summed E-state index contributed by atoms with van der Waals surface area (Å²) in [7, 11) is 0. The lowest BCUT2D eigenvalue weighted by atomic mass is 9.94. The number of nitrogens with zero attached hydrogens (tertiary/aromatic N) is 4. The van der Waals surface area contributed by atoms with Gasteiger partial charge in [-0.2, -0.15) is 0 Å². The molecule has 2 aliphatic heterocycles. The summed E-state index contributed by atoms with van der Waals surface area (Å²) >= 11 is 0. The first kappa shape index (κ1) is 20.6. The predicted octanol–water partition coefficient (Wildman–Crippen LogP) is 2.57. The van der Waals surface area contributed by atoms with Crippen molar-refractivity contribution in [2.45, 2.75) is 32.7 Å². The number of rotatable bonds is 4. The van der Waals surface area contributed by atoms with E-state index in [1.165, 1.54) is 0 Å². The van der Waals surface area contributed by atoms with Gasteiger partial charge in [-0.25, -0.2) is 0 Å². The zero-order valence-corrected chi connectivity index (χ0v) is 17.6. The summed E-state index contributed by atoms with van der Waals surface area (Å²) in [4.78, 5) is 32.0. The summed E-state index contributed by atoms with van der Waals surface area (Å²) in [6, 6.07) is 11.4. The second-order valence-electron chi connectivity index (χ2n) is 8.32. The maximum atomic E-state index is 13.1. The van der Waals surface area contributed by atoms with Crippen LogP contribution in [0.15, 0.2) is 40.9 Å². The first-order chi connectivity index (χ1) is 14.6. The Hall–Kier alpha value is -2.67. The molecule has 2 aromatic rings. The second-order valence-corrected chi connectivity index (χ2v) is 8.32. The molecule has 0 spiro atoms. The first-order valence-electron chi connectivity index (χ1n) is 10.9. The fourth-order valence-corrected chi connectivity index (χ4v) is 4.42. The predicted molar refractivity (Wildman–Crippen MR) is 113 cm³/mol. The van der Waals surface area contributed by atoms with Gasteiger partial charge in [-0.1, -0.05) is 23.4 Å². The molecule has 7 nitrogen and oxygen atoms in total. The minimum Gasteiger partial charge on any atom is -0.361 e. The molecule has 2 amide bonds. The van der Waals surface area contributed by atoms with E-state index in [1.54, 1.807) is 0 Å². The van der Waals surface area contributed by atoms with E-state index in [4.69, 9.17) is 4.52 Å². The third-order valence-electron chi connectivity index (χ3n) is 6.11. The number of amides is 2. The summed E-state index contributed by atoms with van der Waals surface area (Å²) < 4.78 is 5.16. The van der Waals surface area contributed by atoms with Crippen molar-refractivity contribution in [3.05, 3.63) is 53.4 Å². The highest BCUT2D eigenvalue weighted by Crippen LogP contribution is 2.22. The summed E-state index contributed by atoms with van der Waals surface area (Å²) in [6.07, 6.45) is 2.46. The first-order valence-corrected chi connectivity index (χ1v) is 10.9. The lowest BCUT2D eigenvalue weighted by Crippen LogP contribution is -2.45. The van der Waals surface area contributed by atoms with E-state index in [1.807, 2.05) is 53.1 Å². The fraction of sp³-hybridized carbons (Fsp3) is 0.522. The Labute approximate surface area is 177 Å². The standard InChI is InChI=1S/C23H30N4O3/c1-18-16-21(24-30-18)17-25-10-5-11-26(15-14-25)23(29)20-8-12-27(13-9-20)22(28)19-6-3-2-4-7-19/h2-4,6-7,16,20H,5,8-15,17H2,1H3. The maximum absolute atomic E-state index is 13.1. The second kappa shape index (κ2) is 9.43. The molecule has 7 heteroatoms. The number of carbonyl (C=O) groups excluding carboxylic acids is 2. The van der Waals surface area contributed by atoms with E-state index in [9.17, 15) is 9.59 Å². The summed E-state index contributed by atoms with van der Waals surface area (Å²) in [6.45, 7) is 7.32. The molecule has 1 aromatic heterocycles. The van der Waals surface area contributed by atoms with Gasteiger partial charge in [0.1, 0.15) is 5.76 Å². The van der Waals surface area contributed by atoms with Crippen LogP contribution in [-0.4, -0.2) is 70.9 Å². The van der Waals surface area contributed by atoms with Crippen molar-refractivity contribution in [2.24, 2.45) is 5.92 Å². The lowest BCUT2D eigenvalue weighted by Gasteiger charge is -2.34. The molecule has 2 saturated heterocycles. The summed E-state index contributed by atoms with van der Waals surface area (Å²) in [5.41, 5.74) is 1.67. The third kappa shape index (κ3) is 4.90. The Morgan fingerprint density at radius 2 is 1.77 bits per heavy atom. The minimum atomic E-state index is 0.0227. The topological polar surface area (TPSA) is 69.9 Å². The van der Waals surface area contributed by atoms with Crippen molar-refractivity contribution in [1.29, 1.82) is 0 Å². The van der Waals surface area contributed by atoms with Crippen LogP contribution in [-0.2, 0) is 11.3 Å². The highest BCUT2D eigenvalue weighted by molar-refractivity contribution is 5.94. The minimum absolute atomic E-state index is 0.0227. The van der Waals surface area contributed by atoms with Gasteiger partial charge in [-0.3, -0.25) is 14.5 Å². The highest BCUT2D eigenvalue weighted by atomic mass is 16.5. The highest BCUT2D eigenvalue weighted by Gasteiger charge is 2.31. The average Bonchev–Trinajstić information content (AvgIpc) is 3.05. The molecular formula is C23H30N4O3. The van der Waals surface area contributed by atoms with Crippen molar-refractivity contribution in [1.82, 2.24) is 19.9 Å². The number of hydrogen-bond acceptors (Lipinski definition) is 5. The van der Waals surface area contributed by atoms with Gasteiger partial charge in [0.05, 0.1) is 5.69 Å². The molecule has 30 heavy (non-hydrogen) atoms. The third-order valence-corrected chi connectivity index (χ3v) is 6.11. The van der Waals surface area contributed by atoms with Crippen molar-refractivity contribution in [2.75, 3.05) is 39.3 Å². The molecule has 0 radical (unpaired) electrons. The van der Waals surface area contributed by atoms with Gasteiger partial charge in [0.25, 0.3) is 5.91 Å². The molecule has 0 atom stereocenters. The van der Waals surface area contributed by atoms with E-state index >= 15 is 0 Å². The van der Waals surface area contributed by atoms with Gasteiger partial charge in [0, 0.05) is 63.4 Å². The molecular weight excluding hydrogens is 380 g/mol. The van der Waals surface area contributed by atoms with E-state index in [-0.39, 0.29) is 17.7 Å². The Balaban J connectivity index is 1.26. The number of piperidine rings is 1. The number of benzene rings is 1. The van der Waals surface area contributed by atoms with Crippen LogP contribution in [0.3, 0.4) is 0 Å². The molecule has 160 valence electrons. The van der Waals surface area contributed by atoms with Crippen molar-refractivity contribution >= 4 is 11.8 Å². The van der Waals surface area contributed by atoms with Gasteiger partial charge < -0.3 is 14.3 Å². The van der Waals surface area contributed by atoms with E-state index in [0.717, 1.165) is 69.0 Å². The normalized spacial score (nSPS) is 19.0. The van der Waals surface area contributed by atoms with Gasteiger partial charge in [0.2, 0.25) is 5.91 Å². The van der Waals surface area contributed by atoms with Gasteiger partial charge >= 0.3 is 0 Å². The van der Waals surface area contributed by atoms with Gasteiger partial charge in [-0.15, -0.1) is 0 Å². The van der Waals surface area contributed by atoms with E-state index in [2.05, 4.69) is 10.1 Å². The monoisotopic (exact) mass is 410 g/mol. The zero-order valence-electron chi connectivity index (χ0n) is 17.6. The largest absolute Gasteiger partial charge is 0.361 e. The lowest BCUT2D eigenvalue weighted by molar-refractivity contribution is -0.136. The number of aromatic nitrogens is 1. The number of aryl methyl sites for hydroxylation is 1. The summed E-state index contributed by atoms with van der Waals surface area (Å²) in [5, 5.41) is 4.08. The van der Waals surface area contributed by atoms with Crippen LogP contribution < -0.4 is 0 Å². The molecule has 0 bridgehead atoms. The molecule has 0 unspecified atom stereocenters. The van der Waals surface area contributed by atoms with Crippen LogP contribution in [0.2, 0.25) is 0 Å². The van der Waals surface area contributed by atoms with Crippen LogP contribution in [0.4, 0.5) is 0 Å². The smallest absolute Gasteiger partial charge is 0.253 e. The quantitative estimate of drug-likeness (QED) is 0.775. The molecule has 4 rings (SSSR count). The van der Waals surface area contributed by atoms with Gasteiger partial charge in [-0.05, 0) is 38.3 Å². The van der Waals surface area contributed by atoms with E-state index in [0.29, 0.717) is 13.1 Å². The molecule has 0 aliphatic carbocycles. The number of hydrogen-bond donors (Lipinski definition) is 0. The molecule has 2 aliphatic rings. The van der Waals surface area contributed by atoms with Crippen LogP contribution >= 0.6 is 0 Å².